The number of carbonyl (C=O) groups excluding carboxylic acids is 1. The van der Waals surface area contributed by atoms with Crippen LogP contribution in [0.5, 0.6) is 5.75 Å². The maximum Gasteiger partial charge on any atom is 0.341 e. The number of aryl methyl sites for hydroxylation is 1. The molecule has 0 saturated carbocycles. The molecule has 0 unspecified atom stereocenters. The van der Waals surface area contributed by atoms with E-state index in [0.29, 0.717) is 29.1 Å². The average Bonchev–Trinajstić information content (AvgIpc) is 2.65. The lowest BCUT2D eigenvalue weighted by Crippen LogP contribution is -2.10. The molecule has 1 aromatic heterocycles. The number of methoxy groups -OCH3 is 1. The topological polar surface area (TPSA) is 60.5 Å². The lowest BCUT2D eigenvalue weighted by Gasteiger charge is -2.17. The summed E-state index contributed by atoms with van der Waals surface area (Å²) in [6, 6.07) is 11.7. The highest BCUT2D eigenvalue weighted by Gasteiger charge is 2.19. The van der Waals surface area contributed by atoms with Crippen molar-refractivity contribution in [2.45, 2.75) is 20.8 Å². The van der Waals surface area contributed by atoms with Crippen LogP contribution in [0.2, 0.25) is 0 Å². The Balaban J connectivity index is 2.23. The van der Waals surface area contributed by atoms with Crippen molar-refractivity contribution >= 4 is 28.2 Å². The van der Waals surface area contributed by atoms with Crippen molar-refractivity contribution in [3.63, 3.8) is 0 Å². The van der Waals surface area contributed by atoms with Gasteiger partial charge < -0.3 is 14.8 Å². The standard InChI is InChI=1S/C21H22N2O3/c1-5-26-21(24)16-12-22-20-15(9-7-11-18(20)25-4)19(16)23-17-10-6-8-13(2)14(17)3/h6-12H,5H2,1-4H3,(H,22,23). The maximum atomic E-state index is 12.5. The lowest BCUT2D eigenvalue weighted by molar-refractivity contribution is 0.0527. The van der Waals surface area contributed by atoms with E-state index in [4.69, 9.17) is 9.47 Å². The summed E-state index contributed by atoms with van der Waals surface area (Å²) in [5.74, 6) is 0.249. The van der Waals surface area contributed by atoms with E-state index in [0.717, 1.165) is 16.6 Å². The zero-order valence-electron chi connectivity index (χ0n) is 15.4. The molecular weight excluding hydrogens is 328 g/mol. The second-order valence-corrected chi connectivity index (χ2v) is 6.00. The highest BCUT2D eigenvalue weighted by molar-refractivity contribution is 6.07. The number of nitrogens with one attached hydrogen (secondary N) is 1. The third-order valence-electron chi connectivity index (χ3n) is 4.44. The van der Waals surface area contributed by atoms with Gasteiger partial charge in [-0.05, 0) is 44.0 Å². The van der Waals surface area contributed by atoms with Gasteiger partial charge in [-0.3, -0.25) is 4.98 Å². The van der Waals surface area contributed by atoms with Crippen molar-refractivity contribution in [1.29, 1.82) is 0 Å². The summed E-state index contributed by atoms with van der Waals surface area (Å²) in [6.45, 7) is 6.19. The van der Waals surface area contributed by atoms with Crippen LogP contribution in [-0.2, 0) is 4.74 Å². The van der Waals surface area contributed by atoms with Crippen LogP contribution in [-0.4, -0.2) is 24.7 Å². The molecule has 0 atom stereocenters. The van der Waals surface area contributed by atoms with Crippen LogP contribution in [0, 0.1) is 13.8 Å². The number of esters is 1. The molecule has 2 aromatic carbocycles. The minimum Gasteiger partial charge on any atom is -0.494 e. The average molecular weight is 350 g/mol. The van der Waals surface area contributed by atoms with Gasteiger partial charge >= 0.3 is 5.97 Å². The third kappa shape index (κ3) is 3.20. The summed E-state index contributed by atoms with van der Waals surface area (Å²) in [4.78, 5) is 16.9. The van der Waals surface area contributed by atoms with Crippen molar-refractivity contribution in [1.82, 2.24) is 4.98 Å². The fourth-order valence-electron chi connectivity index (χ4n) is 2.88. The molecule has 0 aliphatic heterocycles. The van der Waals surface area contributed by atoms with Crippen LogP contribution in [0.25, 0.3) is 10.9 Å². The fourth-order valence-corrected chi connectivity index (χ4v) is 2.88. The first-order valence-electron chi connectivity index (χ1n) is 8.52. The van der Waals surface area contributed by atoms with Crippen molar-refractivity contribution in [2.75, 3.05) is 19.0 Å². The summed E-state index contributed by atoms with van der Waals surface area (Å²) >= 11 is 0. The second-order valence-electron chi connectivity index (χ2n) is 6.00. The number of nitrogens with zero attached hydrogens (tertiary/aromatic N) is 1. The molecule has 5 nitrogen and oxygen atoms in total. The number of carbonyl (C=O) groups is 1. The number of anilines is 2. The number of benzene rings is 2. The second kappa shape index (κ2) is 7.44. The Labute approximate surface area is 153 Å². The molecule has 3 rings (SSSR count). The lowest BCUT2D eigenvalue weighted by atomic mass is 10.1. The summed E-state index contributed by atoms with van der Waals surface area (Å²) in [6.07, 6.45) is 1.54. The monoisotopic (exact) mass is 350 g/mol. The zero-order valence-corrected chi connectivity index (χ0v) is 15.4. The summed E-state index contributed by atoms with van der Waals surface area (Å²) in [7, 11) is 1.60. The summed E-state index contributed by atoms with van der Waals surface area (Å²) in [5, 5.41) is 4.22. The predicted octanol–water partition coefficient (Wildman–Crippen LogP) is 4.78. The van der Waals surface area contributed by atoms with Crippen LogP contribution in [0.15, 0.2) is 42.6 Å². The van der Waals surface area contributed by atoms with Crippen LogP contribution >= 0.6 is 0 Å². The molecule has 134 valence electrons. The van der Waals surface area contributed by atoms with E-state index in [1.54, 1.807) is 14.0 Å². The van der Waals surface area contributed by atoms with Gasteiger partial charge in [-0.25, -0.2) is 4.79 Å². The van der Waals surface area contributed by atoms with Crippen molar-refractivity contribution in [3.05, 3.63) is 59.3 Å². The van der Waals surface area contributed by atoms with E-state index >= 15 is 0 Å². The molecule has 0 aliphatic rings. The van der Waals surface area contributed by atoms with Crippen molar-refractivity contribution < 1.29 is 14.3 Å². The van der Waals surface area contributed by atoms with E-state index in [-0.39, 0.29) is 0 Å². The Morgan fingerprint density at radius 3 is 2.65 bits per heavy atom. The Morgan fingerprint density at radius 1 is 1.15 bits per heavy atom. The van der Waals surface area contributed by atoms with E-state index in [1.807, 2.05) is 37.3 Å². The summed E-state index contributed by atoms with van der Waals surface area (Å²) in [5.41, 5.74) is 4.98. The number of hydrogen-bond donors (Lipinski definition) is 1. The third-order valence-corrected chi connectivity index (χ3v) is 4.44. The normalized spacial score (nSPS) is 10.6. The molecule has 0 aliphatic carbocycles. The largest absolute Gasteiger partial charge is 0.494 e. The zero-order chi connectivity index (χ0) is 18.7. The van der Waals surface area contributed by atoms with Crippen molar-refractivity contribution in [2.24, 2.45) is 0 Å². The Hall–Kier alpha value is -3.08. The van der Waals surface area contributed by atoms with Gasteiger partial charge in [0.1, 0.15) is 16.8 Å². The SMILES string of the molecule is CCOC(=O)c1cnc2c(OC)cccc2c1Nc1cccc(C)c1C. The minimum atomic E-state index is -0.405. The van der Waals surface area contributed by atoms with Gasteiger partial charge in [-0.1, -0.05) is 24.3 Å². The Kier molecular flexibility index (Phi) is 5.07. The van der Waals surface area contributed by atoms with Gasteiger partial charge in [0.15, 0.2) is 0 Å². The summed E-state index contributed by atoms with van der Waals surface area (Å²) < 4.78 is 10.6. The molecule has 0 bridgehead atoms. The van der Waals surface area contributed by atoms with Gasteiger partial charge in [-0.15, -0.1) is 0 Å². The minimum absolute atomic E-state index is 0.303. The first-order valence-corrected chi connectivity index (χ1v) is 8.52. The molecule has 5 heteroatoms. The number of para-hydroxylation sites is 1. The van der Waals surface area contributed by atoms with Gasteiger partial charge in [0.25, 0.3) is 0 Å². The number of hydrogen-bond acceptors (Lipinski definition) is 5. The molecule has 0 fully saturated rings. The molecule has 0 amide bonds. The molecule has 26 heavy (non-hydrogen) atoms. The first kappa shape index (κ1) is 17.7. The highest BCUT2D eigenvalue weighted by Crippen LogP contribution is 2.34. The van der Waals surface area contributed by atoms with Crippen LogP contribution in [0.1, 0.15) is 28.4 Å². The predicted molar refractivity (Wildman–Crippen MR) is 103 cm³/mol. The van der Waals surface area contributed by atoms with Crippen LogP contribution in [0.3, 0.4) is 0 Å². The van der Waals surface area contributed by atoms with Gasteiger partial charge in [0.2, 0.25) is 0 Å². The Bertz CT molecular complexity index is 967. The van der Waals surface area contributed by atoms with Gasteiger partial charge in [-0.2, -0.15) is 0 Å². The van der Waals surface area contributed by atoms with E-state index in [1.165, 1.54) is 11.8 Å². The molecule has 1 heterocycles. The molecule has 1 N–H and O–H groups in total. The molecule has 3 aromatic rings. The molecule has 0 saturated heterocycles. The van der Waals surface area contributed by atoms with Crippen molar-refractivity contribution in [3.8, 4) is 5.75 Å². The Morgan fingerprint density at radius 2 is 1.92 bits per heavy atom. The maximum absolute atomic E-state index is 12.5. The number of aromatic nitrogens is 1. The number of ether oxygens (including phenoxy) is 2. The van der Waals surface area contributed by atoms with E-state index in [9.17, 15) is 4.79 Å². The van der Waals surface area contributed by atoms with E-state index < -0.39 is 5.97 Å². The quantitative estimate of drug-likeness (QED) is 0.671. The molecule has 0 spiro atoms. The first-order chi connectivity index (χ1) is 12.6. The van der Waals surface area contributed by atoms with Crippen LogP contribution < -0.4 is 10.1 Å². The number of rotatable bonds is 5. The number of pyridine rings is 1. The molecule has 0 radical (unpaired) electrons. The number of fused-ring (bicyclic) bond motifs is 1. The highest BCUT2D eigenvalue weighted by atomic mass is 16.5. The van der Waals surface area contributed by atoms with Crippen LogP contribution in [0.4, 0.5) is 11.4 Å². The van der Waals surface area contributed by atoms with Gasteiger partial charge in [0, 0.05) is 17.3 Å². The molecular formula is C21H22N2O3. The smallest absolute Gasteiger partial charge is 0.341 e. The van der Waals surface area contributed by atoms with E-state index in [2.05, 4.69) is 23.3 Å². The van der Waals surface area contributed by atoms with Gasteiger partial charge in [0.05, 0.1) is 19.4 Å². The fraction of sp³-hybridized carbons (Fsp3) is 0.238.